The Labute approximate surface area is 337 Å². The lowest BCUT2D eigenvalue weighted by molar-refractivity contribution is -0.385. The number of esters is 1. The molecule has 4 aromatic rings. The number of Topliss-reactive ketones (excluding diaryl/α,β-unsaturated/α-hetero) is 1. The van der Waals surface area contributed by atoms with Gasteiger partial charge in [0.15, 0.2) is 0 Å². The van der Waals surface area contributed by atoms with Crippen LogP contribution in [0.5, 0.6) is 11.5 Å². The molecule has 1 aliphatic rings. The number of ketones is 1. The Bertz CT molecular complexity index is 2170. The van der Waals surface area contributed by atoms with Crippen LogP contribution in [-0.2, 0) is 54.6 Å². The number of nitro benzene ring substituents is 2. The second kappa shape index (κ2) is 19.6. The fourth-order valence-electron chi connectivity index (χ4n) is 6.66. The summed E-state index contributed by atoms with van der Waals surface area (Å²) in [6, 6.07) is 23.3. The predicted molar refractivity (Wildman–Crippen MR) is 206 cm³/mol. The van der Waals surface area contributed by atoms with E-state index in [1.165, 1.54) is 74.6 Å². The van der Waals surface area contributed by atoms with Gasteiger partial charge in [-0.3, -0.25) is 29.8 Å². The minimum Gasteiger partial charge on any atom is -0.497 e. The van der Waals surface area contributed by atoms with Crippen LogP contribution in [0.25, 0.3) is 5.53 Å². The van der Waals surface area contributed by atoms with Crippen LogP contribution in [0.2, 0.25) is 0 Å². The lowest BCUT2D eigenvalue weighted by Crippen LogP contribution is -2.69. The monoisotopic (exact) mass is 809 g/mol. The number of benzene rings is 4. The van der Waals surface area contributed by atoms with Crippen molar-refractivity contribution in [2.75, 3.05) is 14.2 Å². The van der Waals surface area contributed by atoms with Crippen molar-refractivity contribution in [2.45, 2.75) is 57.6 Å². The molecule has 5 rings (SSSR count). The van der Waals surface area contributed by atoms with E-state index in [1.807, 2.05) is 24.3 Å². The maximum atomic E-state index is 14.2. The van der Waals surface area contributed by atoms with E-state index in [9.17, 15) is 44.9 Å². The summed E-state index contributed by atoms with van der Waals surface area (Å²) in [4.78, 5) is 79.2. The van der Waals surface area contributed by atoms with E-state index < -0.39 is 76.5 Å². The summed E-state index contributed by atoms with van der Waals surface area (Å²) < 4.78 is 26.5. The van der Waals surface area contributed by atoms with Gasteiger partial charge in [-0.1, -0.05) is 24.3 Å². The van der Waals surface area contributed by atoms with E-state index in [0.29, 0.717) is 35.5 Å². The zero-order chi connectivity index (χ0) is 42.6. The van der Waals surface area contributed by atoms with Crippen molar-refractivity contribution in [2.24, 2.45) is 5.92 Å². The van der Waals surface area contributed by atoms with Crippen LogP contribution in [-0.4, -0.2) is 81.5 Å². The molecule has 306 valence electrons. The van der Waals surface area contributed by atoms with Crippen LogP contribution in [0.1, 0.15) is 35.6 Å². The SMILES string of the molecule is COc1ccc(CC(Cc2ccc(OC)cc2)N2C(=O)C(C(C)OC(=O)OCc3ccc([N+](=O)[O-])cc3)C2CC(=O)C(=[N+]=[N-])C(=O)OCc2ccc([N+](=O)[O-])cc2)cc1. The highest BCUT2D eigenvalue weighted by atomic mass is 16.7. The molecule has 59 heavy (non-hydrogen) atoms. The number of carbonyl (C=O) groups excluding carboxylic acids is 4. The topological polar surface area (TPSA) is 240 Å². The Balaban J connectivity index is 1.38. The number of carbonyl (C=O) groups is 4. The number of ether oxygens (including phenoxy) is 5. The molecule has 18 heteroatoms. The third kappa shape index (κ3) is 10.9. The predicted octanol–water partition coefficient (Wildman–Crippen LogP) is 5.62. The zero-order valence-corrected chi connectivity index (χ0v) is 32.1. The summed E-state index contributed by atoms with van der Waals surface area (Å²) in [5, 5.41) is 22.0. The number of amides is 1. The van der Waals surface area contributed by atoms with Gasteiger partial charge in [-0.15, -0.1) is 0 Å². The van der Waals surface area contributed by atoms with Gasteiger partial charge < -0.3 is 34.1 Å². The van der Waals surface area contributed by atoms with E-state index in [1.54, 1.807) is 24.3 Å². The van der Waals surface area contributed by atoms with Crippen molar-refractivity contribution >= 4 is 40.9 Å². The van der Waals surface area contributed by atoms with Crippen LogP contribution in [0.4, 0.5) is 16.2 Å². The first kappa shape index (κ1) is 42.7. The fraction of sp³-hybridized carbons (Fsp3) is 0.293. The summed E-state index contributed by atoms with van der Waals surface area (Å²) >= 11 is 0. The molecular formula is C41H39N5O13. The molecule has 0 radical (unpaired) electrons. The molecular weight excluding hydrogens is 770 g/mol. The molecule has 0 aromatic heterocycles. The Kier molecular flexibility index (Phi) is 14.2. The molecule has 0 bridgehead atoms. The molecule has 1 fully saturated rings. The lowest BCUT2D eigenvalue weighted by Gasteiger charge is -2.52. The Morgan fingerprint density at radius 2 is 1.17 bits per heavy atom. The highest BCUT2D eigenvalue weighted by molar-refractivity contribution is 6.62. The number of methoxy groups -OCH3 is 2. The molecule has 0 spiro atoms. The summed E-state index contributed by atoms with van der Waals surface area (Å²) in [7, 11) is 3.07. The number of rotatable bonds is 19. The maximum Gasteiger partial charge on any atom is 0.508 e. The molecule has 1 amide bonds. The number of hydrogen-bond acceptors (Lipinski definition) is 13. The van der Waals surface area contributed by atoms with Crippen LogP contribution < -0.4 is 9.47 Å². The number of β-lactam (4-membered cyclic amide) rings is 1. The number of nitrogens with zero attached hydrogens (tertiary/aromatic N) is 5. The Morgan fingerprint density at radius 3 is 1.59 bits per heavy atom. The van der Waals surface area contributed by atoms with Crippen molar-refractivity contribution in [3.05, 3.63) is 145 Å². The second-order valence-corrected chi connectivity index (χ2v) is 13.5. The second-order valence-electron chi connectivity index (χ2n) is 13.5. The van der Waals surface area contributed by atoms with E-state index in [-0.39, 0.29) is 18.0 Å². The quantitative estimate of drug-likeness (QED) is 0.0164. The van der Waals surface area contributed by atoms with Gasteiger partial charge in [-0.2, -0.15) is 4.79 Å². The van der Waals surface area contributed by atoms with Crippen LogP contribution in [0.15, 0.2) is 97.1 Å². The molecule has 4 aromatic carbocycles. The van der Waals surface area contributed by atoms with Gasteiger partial charge in [0.1, 0.15) is 30.8 Å². The van der Waals surface area contributed by atoms with Gasteiger partial charge in [-0.25, -0.2) is 9.59 Å². The normalized spacial score (nSPS) is 14.9. The zero-order valence-electron chi connectivity index (χ0n) is 32.1. The molecule has 18 nitrogen and oxygen atoms in total. The third-order valence-corrected chi connectivity index (χ3v) is 9.73. The average Bonchev–Trinajstić information content (AvgIpc) is 3.23. The summed E-state index contributed by atoms with van der Waals surface area (Å²) in [6.45, 7) is 0.755. The van der Waals surface area contributed by atoms with Crippen molar-refractivity contribution < 1.29 is 57.5 Å². The third-order valence-electron chi connectivity index (χ3n) is 9.73. The molecule has 1 heterocycles. The molecule has 1 aliphatic heterocycles. The number of nitro groups is 2. The van der Waals surface area contributed by atoms with E-state index in [0.717, 1.165) is 11.1 Å². The van der Waals surface area contributed by atoms with Gasteiger partial charge in [0.05, 0.1) is 36.0 Å². The Hall–Kier alpha value is -7.46. The molecule has 0 N–H and O–H groups in total. The van der Waals surface area contributed by atoms with Crippen molar-refractivity contribution in [1.82, 2.24) is 4.90 Å². The molecule has 3 atom stereocenters. The number of non-ortho nitro benzene ring substituents is 2. The van der Waals surface area contributed by atoms with Gasteiger partial charge in [-0.05, 0) is 90.6 Å². The van der Waals surface area contributed by atoms with E-state index in [2.05, 4.69) is 4.79 Å². The van der Waals surface area contributed by atoms with Crippen molar-refractivity contribution in [3.8, 4) is 11.5 Å². The number of likely N-dealkylation sites (tertiary alicyclic amines) is 1. The van der Waals surface area contributed by atoms with Gasteiger partial charge >= 0.3 is 17.8 Å². The highest BCUT2D eigenvalue weighted by Gasteiger charge is 2.55. The first-order valence-electron chi connectivity index (χ1n) is 18.1. The van der Waals surface area contributed by atoms with Gasteiger partial charge in [0.2, 0.25) is 5.91 Å². The molecule has 0 aliphatic carbocycles. The van der Waals surface area contributed by atoms with Crippen LogP contribution in [0.3, 0.4) is 0 Å². The average molecular weight is 810 g/mol. The molecule has 1 saturated heterocycles. The number of hydrogen-bond donors (Lipinski definition) is 0. The molecule has 3 unspecified atom stereocenters. The first-order chi connectivity index (χ1) is 28.3. The van der Waals surface area contributed by atoms with Crippen LogP contribution in [0, 0.1) is 26.1 Å². The first-order valence-corrected chi connectivity index (χ1v) is 18.1. The maximum absolute atomic E-state index is 14.2. The van der Waals surface area contributed by atoms with Crippen LogP contribution >= 0.6 is 0 Å². The minimum atomic E-state index is -1.28. The minimum absolute atomic E-state index is 0.150. The smallest absolute Gasteiger partial charge is 0.497 e. The Morgan fingerprint density at radius 1 is 0.729 bits per heavy atom. The lowest BCUT2D eigenvalue weighted by atomic mass is 9.77. The summed E-state index contributed by atoms with van der Waals surface area (Å²) in [5.41, 5.74) is 11.0. The highest BCUT2D eigenvalue weighted by Crippen LogP contribution is 2.38. The summed E-state index contributed by atoms with van der Waals surface area (Å²) in [6.07, 6.45) is -2.23. The van der Waals surface area contributed by atoms with E-state index in [4.69, 9.17) is 23.7 Å². The van der Waals surface area contributed by atoms with Gasteiger partial charge in [0, 0.05) is 36.7 Å². The standard InChI is InChI=1S/C41H39N5O13/c1-25(59-41(50)58-24-29-6-14-31(15-7-29)46(53)54)37-35(22-36(47)38(43-42)40(49)57-23-28-4-12-30(13-5-28)45(51)52)44(39(37)48)32(20-26-8-16-33(55-2)17-9-26)21-27-10-18-34(56-3)19-11-27/h4-19,25,32,35,37H,20-24H2,1-3H3. The van der Waals surface area contributed by atoms with Gasteiger partial charge in [0.25, 0.3) is 17.2 Å². The fourth-order valence-corrected chi connectivity index (χ4v) is 6.66. The largest absolute Gasteiger partial charge is 0.508 e. The van der Waals surface area contributed by atoms with Crippen molar-refractivity contribution in [1.29, 1.82) is 0 Å². The molecule has 0 saturated carbocycles. The van der Waals surface area contributed by atoms with E-state index >= 15 is 0 Å². The van der Waals surface area contributed by atoms with Crippen molar-refractivity contribution in [3.63, 3.8) is 0 Å². The summed E-state index contributed by atoms with van der Waals surface area (Å²) in [5.74, 6) is -2.60.